The van der Waals surface area contributed by atoms with Gasteiger partial charge in [0.1, 0.15) is 0 Å². The van der Waals surface area contributed by atoms with Crippen LogP contribution < -0.4 is 5.32 Å². The van der Waals surface area contributed by atoms with Crippen LogP contribution in [0, 0.1) is 5.41 Å². The smallest absolute Gasteiger partial charge is 0.243 e. The van der Waals surface area contributed by atoms with E-state index in [0.29, 0.717) is 51.6 Å². The third kappa shape index (κ3) is 5.89. The highest BCUT2D eigenvalue weighted by Gasteiger charge is 2.52. The average molecular weight is 529 g/mol. The van der Waals surface area contributed by atoms with Gasteiger partial charge in [-0.25, -0.2) is 16.8 Å². The van der Waals surface area contributed by atoms with E-state index in [0.717, 1.165) is 19.3 Å². The summed E-state index contributed by atoms with van der Waals surface area (Å²) in [6, 6.07) is 6.34. The number of carbonyl (C=O) groups excluding carboxylic acids is 1. The summed E-state index contributed by atoms with van der Waals surface area (Å²) in [7, 11) is -6.91. The number of rotatable bonds is 6. The van der Waals surface area contributed by atoms with E-state index in [1.165, 1.54) is 22.7 Å². The van der Waals surface area contributed by atoms with Gasteiger partial charge in [0.05, 0.1) is 30.9 Å². The molecule has 0 aromatic heterocycles. The Morgan fingerprint density at radius 3 is 2.31 bits per heavy atom. The maximum Gasteiger partial charge on any atom is 0.243 e. The number of carbonyl (C=O) groups is 1. The number of morpholine rings is 1. The molecule has 0 unspecified atom stereocenters. The number of ether oxygens (including phenoxy) is 1. The first kappa shape index (κ1) is 26.5. The summed E-state index contributed by atoms with van der Waals surface area (Å²) in [5.74, 6) is -0.202. The van der Waals surface area contributed by atoms with Crippen LogP contribution in [0.2, 0.25) is 0 Å². The summed E-state index contributed by atoms with van der Waals surface area (Å²) in [6.45, 7) is 7.50. The number of likely N-dealkylation sites (tertiary alicyclic amines) is 1. The van der Waals surface area contributed by atoms with E-state index < -0.39 is 25.6 Å². The van der Waals surface area contributed by atoms with Crippen molar-refractivity contribution in [3.05, 3.63) is 24.3 Å². The number of hydrogen-bond acceptors (Lipinski definition) is 7. The van der Waals surface area contributed by atoms with Crippen molar-refractivity contribution in [2.45, 2.75) is 43.5 Å². The van der Waals surface area contributed by atoms with E-state index in [-0.39, 0.29) is 22.8 Å². The van der Waals surface area contributed by atoms with Crippen LogP contribution in [0.4, 0.5) is 5.69 Å². The number of sulfonamides is 2. The van der Waals surface area contributed by atoms with Gasteiger partial charge < -0.3 is 10.1 Å². The molecular formula is C23H36N4O6S2. The molecule has 3 heterocycles. The molecule has 1 N–H and O–H groups in total. The second-order valence-corrected chi connectivity index (χ2v) is 14.5. The molecule has 4 rings (SSSR count). The Labute approximate surface area is 208 Å². The lowest BCUT2D eigenvalue weighted by Gasteiger charge is -2.39. The Bertz CT molecular complexity index is 1150. The van der Waals surface area contributed by atoms with E-state index in [9.17, 15) is 21.6 Å². The summed E-state index contributed by atoms with van der Waals surface area (Å²) in [4.78, 5) is 14.9. The maximum atomic E-state index is 12.9. The van der Waals surface area contributed by atoms with E-state index in [1.54, 1.807) is 16.4 Å². The van der Waals surface area contributed by atoms with Crippen LogP contribution in [0.3, 0.4) is 0 Å². The Balaban J connectivity index is 1.33. The van der Waals surface area contributed by atoms with Gasteiger partial charge >= 0.3 is 0 Å². The van der Waals surface area contributed by atoms with Crippen molar-refractivity contribution >= 4 is 31.6 Å². The molecule has 0 bridgehead atoms. The molecule has 196 valence electrons. The summed E-state index contributed by atoms with van der Waals surface area (Å²) < 4.78 is 58.6. The molecule has 1 aromatic carbocycles. The largest absolute Gasteiger partial charge is 0.379 e. The van der Waals surface area contributed by atoms with Gasteiger partial charge in [0.2, 0.25) is 26.0 Å². The molecule has 0 saturated carbocycles. The van der Waals surface area contributed by atoms with Crippen LogP contribution in [0.25, 0.3) is 0 Å². The van der Waals surface area contributed by atoms with Crippen LogP contribution in [0.5, 0.6) is 0 Å². The molecular weight excluding hydrogens is 492 g/mol. The maximum absolute atomic E-state index is 12.9. The zero-order valence-corrected chi connectivity index (χ0v) is 22.3. The standard InChI is InChI=1S/C23H36N4O6S2/c1-22(2)17-23(18-27(22)34(3,29)30)7-9-25(10-8-23)16-21(28)24-19-5-4-6-20(15-19)35(31,32)26-11-13-33-14-12-26/h4-6,15H,7-14,16-18H2,1-3H3,(H,24,28). The molecule has 3 aliphatic heterocycles. The van der Waals surface area contributed by atoms with Crippen LogP contribution >= 0.6 is 0 Å². The van der Waals surface area contributed by atoms with Gasteiger partial charge in [-0.3, -0.25) is 9.69 Å². The van der Waals surface area contributed by atoms with E-state index >= 15 is 0 Å². The summed E-state index contributed by atoms with van der Waals surface area (Å²) in [6.07, 6.45) is 3.76. The first-order valence-electron chi connectivity index (χ1n) is 12.0. The van der Waals surface area contributed by atoms with Crippen molar-refractivity contribution in [3.63, 3.8) is 0 Å². The minimum atomic E-state index is -3.64. The molecule has 0 atom stereocenters. The lowest BCUT2D eigenvalue weighted by Crippen LogP contribution is -2.45. The minimum absolute atomic E-state index is 0.0538. The Kier molecular flexibility index (Phi) is 7.35. The Morgan fingerprint density at radius 1 is 1.06 bits per heavy atom. The van der Waals surface area contributed by atoms with Crippen molar-refractivity contribution in [3.8, 4) is 0 Å². The molecule has 12 heteroatoms. The zero-order valence-electron chi connectivity index (χ0n) is 20.7. The van der Waals surface area contributed by atoms with Gasteiger partial charge in [0.25, 0.3) is 0 Å². The van der Waals surface area contributed by atoms with E-state index in [2.05, 4.69) is 10.2 Å². The number of nitrogens with zero attached hydrogens (tertiary/aromatic N) is 3. The predicted molar refractivity (Wildman–Crippen MR) is 133 cm³/mol. The molecule has 1 aromatic rings. The summed E-state index contributed by atoms with van der Waals surface area (Å²) >= 11 is 0. The first-order valence-corrected chi connectivity index (χ1v) is 15.3. The van der Waals surface area contributed by atoms with Crippen molar-refractivity contribution in [2.75, 3.05) is 64.1 Å². The highest BCUT2D eigenvalue weighted by molar-refractivity contribution is 7.89. The molecule has 0 radical (unpaired) electrons. The topological polar surface area (TPSA) is 116 Å². The monoisotopic (exact) mass is 528 g/mol. The highest BCUT2D eigenvalue weighted by Crippen LogP contribution is 2.48. The van der Waals surface area contributed by atoms with Crippen LogP contribution in [-0.2, 0) is 29.6 Å². The van der Waals surface area contributed by atoms with E-state index in [1.807, 2.05) is 13.8 Å². The van der Waals surface area contributed by atoms with Crippen molar-refractivity contribution < 1.29 is 26.4 Å². The van der Waals surface area contributed by atoms with Gasteiger partial charge in [-0.15, -0.1) is 0 Å². The number of piperidine rings is 1. The van der Waals surface area contributed by atoms with Crippen LogP contribution in [-0.4, -0.2) is 101 Å². The lowest BCUT2D eigenvalue weighted by atomic mass is 9.74. The number of nitrogens with one attached hydrogen (secondary N) is 1. The van der Waals surface area contributed by atoms with Crippen molar-refractivity contribution in [1.82, 2.24) is 13.5 Å². The van der Waals surface area contributed by atoms with Crippen LogP contribution in [0.15, 0.2) is 29.2 Å². The SMILES string of the molecule is CC1(C)CC2(CCN(CC(=O)Nc3cccc(S(=O)(=O)N4CCOCC4)c3)CC2)CN1S(C)(=O)=O. The third-order valence-corrected chi connectivity index (χ3v) is 10.7. The first-order chi connectivity index (χ1) is 16.3. The average Bonchev–Trinajstić information content (AvgIpc) is 3.07. The predicted octanol–water partition coefficient (Wildman–Crippen LogP) is 1.17. The fourth-order valence-corrected chi connectivity index (χ4v) is 8.67. The number of hydrogen-bond donors (Lipinski definition) is 1. The van der Waals surface area contributed by atoms with Gasteiger partial charge in [-0.05, 0) is 69.8 Å². The summed E-state index contributed by atoms with van der Waals surface area (Å²) in [5.41, 5.74) is -0.0132. The van der Waals surface area contributed by atoms with Gasteiger partial charge in [0.15, 0.2) is 0 Å². The molecule has 3 aliphatic rings. The molecule has 1 amide bonds. The molecule has 10 nitrogen and oxygen atoms in total. The van der Waals surface area contributed by atoms with Crippen molar-refractivity contribution in [2.24, 2.45) is 5.41 Å². The number of anilines is 1. The van der Waals surface area contributed by atoms with Gasteiger partial charge in [-0.2, -0.15) is 8.61 Å². The summed E-state index contributed by atoms with van der Waals surface area (Å²) in [5, 5.41) is 2.83. The molecule has 1 spiro atoms. The normalized spacial score (nSPS) is 24.0. The van der Waals surface area contributed by atoms with Crippen LogP contribution in [0.1, 0.15) is 33.1 Å². The van der Waals surface area contributed by atoms with Gasteiger partial charge in [0, 0.05) is 30.9 Å². The molecule has 3 saturated heterocycles. The fourth-order valence-electron chi connectivity index (χ4n) is 5.74. The highest BCUT2D eigenvalue weighted by atomic mass is 32.2. The Morgan fingerprint density at radius 2 is 1.71 bits per heavy atom. The Hall–Kier alpha value is -1.57. The number of benzene rings is 1. The second-order valence-electron chi connectivity index (χ2n) is 10.6. The van der Waals surface area contributed by atoms with E-state index in [4.69, 9.17) is 4.74 Å². The molecule has 0 aliphatic carbocycles. The minimum Gasteiger partial charge on any atom is -0.379 e. The second kappa shape index (κ2) is 9.71. The quantitative estimate of drug-likeness (QED) is 0.589. The third-order valence-electron chi connectivity index (χ3n) is 7.37. The molecule has 35 heavy (non-hydrogen) atoms. The number of amides is 1. The fraction of sp³-hybridized carbons (Fsp3) is 0.696. The molecule has 3 fully saturated rings. The van der Waals surface area contributed by atoms with Gasteiger partial charge in [-0.1, -0.05) is 6.07 Å². The lowest BCUT2D eigenvalue weighted by molar-refractivity contribution is -0.117. The zero-order chi connectivity index (χ0) is 25.5. The van der Waals surface area contributed by atoms with Crippen molar-refractivity contribution in [1.29, 1.82) is 0 Å².